The molecule has 1 atom stereocenters. The summed E-state index contributed by atoms with van der Waals surface area (Å²) < 4.78 is 0. The van der Waals surface area contributed by atoms with E-state index in [0.29, 0.717) is 12.1 Å². The fourth-order valence-electron chi connectivity index (χ4n) is 1.66. The van der Waals surface area contributed by atoms with Gasteiger partial charge in [0.2, 0.25) is 0 Å². The number of alkyl halides is 1. The molecule has 5 heteroatoms. The topological polar surface area (TPSA) is 71.8 Å². The SMILES string of the molecule is N#Cc1cc(NCC(O)CCl)c2cc[nH]c2c1. The van der Waals surface area contributed by atoms with E-state index >= 15 is 0 Å². The predicted molar refractivity (Wildman–Crippen MR) is 68.2 cm³/mol. The monoisotopic (exact) mass is 249 g/mol. The van der Waals surface area contributed by atoms with Crippen LogP contribution in [0.1, 0.15) is 5.56 Å². The molecule has 1 aromatic heterocycles. The summed E-state index contributed by atoms with van der Waals surface area (Å²) in [5, 5.41) is 22.4. The molecule has 0 amide bonds. The van der Waals surface area contributed by atoms with Crippen molar-refractivity contribution in [2.24, 2.45) is 0 Å². The van der Waals surface area contributed by atoms with Gasteiger partial charge in [0.05, 0.1) is 23.6 Å². The van der Waals surface area contributed by atoms with Gasteiger partial charge in [-0.25, -0.2) is 0 Å². The fraction of sp³-hybridized carbons (Fsp3) is 0.250. The van der Waals surface area contributed by atoms with E-state index in [0.717, 1.165) is 16.6 Å². The molecule has 2 rings (SSSR count). The number of nitrogens with zero attached hydrogens (tertiary/aromatic N) is 1. The van der Waals surface area contributed by atoms with Crippen LogP contribution in [0.5, 0.6) is 0 Å². The molecule has 88 valence electrons. The van der Waals surface area contributed by atoms with Crippen LogP contribution in [0.15, 0.2) is 24.4 Å². The number of hydrogen-bond donors (Lipinski definition) is 3. The van der Waals surface area contributed by atoms with Gasteiger partial charge in [0.25, 0.3) is 0 Å². The van der Waals surface area contributed by atoms with Crippen LogP contribution < -0.4 is 5.32 Å². The maximum absolute atomic E-state index is 9.40. The first-order valence-electron chi connectivity index (χ1n) is 5.23. The number of H-pyrrole nitrogens is 1. The molecule has 4 nitrogen and oxygen atoms in total. The third-order valence-corrected chi connectivity index (χ3v) is 2.86. The van der Waals surface area contributed by atoms with Gasteiger partial charge >= 0.3 is 0 Å². The minimum Gasteiger partial charge on any atom is -0.390 e. The number of aromatic nitrogens is 1. The Hall–Kier alpha value is -1.70. The Bertz CT molecular complexity index is 558. The van der Waals surface area contributed by atoms with E-state index in [2.05, 4.69) is 16.4 Å². The zero-order chi connectivity index (χ0) is 12.3. The van der Waals surface area contributed by atoms with Crippen LogP contribution in [-0.4, -0.2) is 28.6 Å². The molecule has 0 aliphatic carbocycles. The lowest BCUT2D eigenvalue weighted by atomic mass is 10.1. The van der Waals surface area contributed by atoms with Crippen LogP contribution in [0.4, 0.5) is 5.69 Å². The average molecular weight is 250 g/mol. The Labute approximate surface area is 104 Å². The Balaban J connectivity index is 2.31. The lowest BCUT2D eigenvalue weighted by Crippen LogP contribution is -2.20. The Kier molecular flexibility index (Phi) is 3.52. The summed E-state index contributed by atoms with van der Waals surface area (Å²) in [6.07, 6.45) is 1.21. The molecule has 1 unspecified atom stereocenters. The number of aliphatic hydroxyl groups excluding tert-OH is 1. The summed E-state index contributed by atoms with van der Waals surface area (Å²) in [5.74, 6) is 0.182. The van der Waals surface area contributed by atoms with Crippen molar-refractivity contribution in [3.05, 3.63) is 30.0 Å². The summed E-state index contributed by atoms with van der Waals surface area (Å²) >= 11 is 5.53. The first-order chi connectivity index (χ1) is 8.24. The maximum Gasteiger partial charge on any atom is 0.0993 e. The second kappa shape index (κ2) is 5.09. The van der Waals surface area contributed by atoms with Crippen LogP contribution in [0.3, 0.4) is 0 Å². The van der Waals surface area contributed by atoms with Crippen molar-refractivity contribution in [1.82, 2.24) is 4.98 Å². The number of nitrogens with one attached hydrogen (secondary N) is 2. The molecule has 0 spiro atoms. The van der Waals surface area contributed by atoms with Gasteiger partial charge < -0.3 is 15.4 Å². The molecule has 3 N–H and O–H groups in total. The highest BCUT2D eigenvalue weighted by Gasteiger charge is 2.07. The quantitative estimate of drug-likeness (QED) is 0.727. The average Bonchev–Trinajstić information content (AvgIpc) is 2.83. The van der Waals surface area contributed by atoms with Crippen LogP contribution in [0, 0.1) is 11.3 Å². The van der Waals surface area contributed by atoms with Crippen molar-refractivity contribution < 1.29 is 5.11 Å². The molecule has 1 aromatic carbocycles. The molecule has 2 aromatic rings. The Morgan fingerprint density at radius 2 is 2.35 bits per heavy atom. The lowest BCUT2D eigenvalue weighted by Gasteiger charge is -2.11. The molecule has 0 aliphatic rings. The molecular weight excluding hydrogens is 238 g/mol. The van der Waals surface area contributed by atoms with Crippen LogP contribution in [0.25, 0.3) is 10.9 Å². The largest absolute Gasteiger partial charge is 0.390 e. The highest BCUT2D eigenvalue weighted by atomic mass is 35.5. The summed E-state index contributed by atoms with van der Waals surface area (Å²) in [6, 6.07) is 7.58. The smallest absolute Gasteiger partial charge is 0.0993 e. The third-order valence-electron chi connectivity index (χ3n) is 2.50. The van der Waals surface area contributed by atoms with Crippen LogP contribution >= 0.6 is 11.6 Å². The summed E-state index contributed by atoms with van der Waals surface area (Å²) in [7, 11) is 0. The molecule has 17 heavy (non-hydrogen) atoms. The number of aromatic amines is 1. The van der Waals surface area contributed by atoms with Crippen molar-refractivity contribution in [3.63, 3.8) is 0 Å². The van der Waals surface area contributed by atoms with Crippen molar-refractivity contribution in [1.29, 1.82) is 5.26 Å². The third kappa shape index (κ3) is 2.52. The van der Waals surface area contributed by atoms with Crippen molar-refractivity contribution >= 4 is 28.2 Å². The second-order valence-electron chi connectivity index (χ2n) is 3.76. The van der Waals surface area contributed by atoms with Gasteiger partial charge in [0.1, 0.15) is 0 Å². The van der Waals surface area contributed by atoms with Crippen molar-refractivity contribution in [2.45, 2.75) is 6.10 Å². The van der Waals surface area contributed by atoms with E-state index in [1.54, 1.807) is 12.1 Å². The Morgan fingerprint density at radius 3 is 3.06 bits per heavy atom. The van der Waals surface area contributed by atoms with E-state index in [1.165, 1.54) is 0 Å². The van der Waals surface area contributed by atoms with Crippen LogP contribution in [-0.2, 0) is 0 Å². The van der Waals surface area contributed by atoms with Crippen molar-refractivity contribution in [3.8, 4) is 6.07 Å². The van der Waals surface area contributed by atoms with E-state index in [-0.39, 0.29) is 5.88 Å². The summed E-state index contributed by atoms with van der Waals surface area (Å²) in [6.45, 7) is 0.360. The molecule has 0 saturated carbocycles. The molecule has 0 fully saturated rings. The Morgan fingerprint density at radius 1 is 1.53 bits per heavy atom. The molecule has 0 saturated heterocycles. The number of aliphatic hydroxyl groups is 1. The maximum atomic E-state index is 9.40. The van der Waals surface area contributed by atoms with Gasteiger partial charge in [-0.2, -0.15) is 5.26 Å². The number of anilines is 1. The summed E-state index contributed by atoms with van der Waals surface area (Å²) in [5.41, 5.74) is 2.29. The fourth-order valence-corrected chi connectivity index (χ4v) is 1.77. The predicted octanol–water partition coefficient (Wildman–Crippen LogP) is 2.05. The number of benzene rings is 1. The van der Waals surface area contributed by atoms with Gasteiger partial charge in [-0.3, -0.25) is 0 Å². The number of hydrogen-bond acceptors (Lipinski definition) is 3. The summed E-state index contributed by atoms with van der Waals surface area (Å²) in [4.78, 5) is 3.06. The highest BCUT2D eigenvalue weighted by Crippen LogP contribution is 2.24. The van der Waals surface area contributed by atoms with E-state index in [4.69, 9.17) is 16.9 Å². The van der Waals surface area contributed by atoms with E-state index in [9.17, 15) is 5.11 Å². The van der Waals surface area contributed by atoms with Gasteiger partial charge in [-0.15, -0.1) is 11.6 Å². The van der Waals surface area contributed by atoms with Gasteiger partial charge in [0.15, 0.2) is 0 Å². The minimum absolute atomic E-state index is 0.182. The standard InChI is InChI=1S/C12H12ClN3O/c13-5-9(17)7-16-12-4-8(6-14)3-11-10(12)1-2-15-11/h1-4,9,15-17H,5,7H2. The first kappa shape index (κ1) is 11.8. The molecule has 0 aliphatic heterocycles. The number of rotatable bonds is 4. The highest BCUT2D eigenvalue weighted by molar-refractivity contribution is 6.18. The first-order valence-corrected chi connectivity index (χ1v) is 5.77. The van der Waals surface area contributed by atoms with Gasteiger partial charge in [-0.1, -0.05) is 0 Å². The zero-order valence-corrected chi connectivity index (χ0v) is 9.83. The van der Waals surface area contributed by atoms with Gasteiger partial charge in [0, 0.05) is 29.3 Å². The molecule has 0 bridgehead atoms. The lowest BCUT2D eigenvalue weighted by molar-refractivity contribution is 0.211. The van der Waals surface area contributed by atoms with E-state index < -0.39 is 6.10 Å². The number of fused-ring (bicyclic) bond motifs is 1. The normalized spacial score (nSPS) is 12.3. The van der Waals surface area contributed by atoms with E-state index in [1.807, 2.05) is 12.3 Å². The molecular formula is C12H12ClN3O. The minimum atomic E-state index is -0.601. The number of nitriles is 1. The molecule has 1 heterocycles. The van der Waals surface area contributed by atoms with Crippen molar-refractivity contribution in [2.75, 3.05) is 17.7 Å². The zero-order valence-electron chi connectivity index (χ0n) is 9.07. The number of halogens is 1. The van der Waals surface area contributed by atoms with Crippen LogP contribution in [0.2, 0.25) is 0 Å². The molecule has 0 radical (unpaired) electrons. The van der Waals surface area contributed by atoms with Gasteiger partial charge in [-0.05, 0) is 18.2 Å². The second-order valence-corrected chi connectivity index (χ2v) is 4.07.